The zero-order valence-electron chi connectivity index (χ0n) is 9.31. The number of ether oxygens (including phenoxy) is 1. The normalized spacial score (nSPS) is 10.3. The van der Waals surface area contributed by atoms with Gasteiger partial charge in [0.05, 0.1) is 11.9 Å². The Balaban J connectivity index is 2.52. The third-order valence-corrected chi connectivity index (χ3v) is 2.11. The van der Waals surface area contributed by atoms with Gasteiger partial charge in [-0.1, -0.05) is 0 Å². The molecule has 0 radical (unpaired) electrons. The molecule has 84 valence electrons. The van der Waals surface area contributed by atoms with Crippen molar-refractivity contribution in [2.45, 2.75) is 13.0 Å². The zero-order chi connectivity index (χ0) is 11.1. The average molecular weight is 210 g/mol. The van der Waals surface area contributed by atoms with E-state index in [4.69, 9.17) is 10.5 Å². The van der Waals surface area contributed by atoms with Gasteiger partial charge in [0.15, 0.2) is 0 Å². The third kappa shape index (κ3) is 3.81. The molecule has 15 heavy (non-hydrogen) atoms. The van der Waals surface area contributed by atoms with E-state index < -0.39 is 0 Å². The molecular formula is C10H18N4O. The summed E-state index contributed by atoms with van der Waals surface area (Å²) < 4.78 is 4.99. The topological polar surface area (TPSA) is 64.3 Å². The van der Waals surface area contributed by atoms with Crippen molar-refractivity contribution in [1.82, 2.24) is 9.97 Å². The van der Waals surface area contributed by atoms with Crippen LogP contribution in [-0.2, 0) is 11.3 Å². The van der Waals surface area contributed by atoms with Gasteiger partial charge in [0, 0.05) is 40.1 Å². The van der Waals surface area contributed by atoms with Crippen molar-refractivity contribution in [1.29, 1.82) is 0 Å². The number of anilines is 1. The van der Waals surface area contributed by atoms with Crippen molar-refractivity contribution in [2.24, 2.45) is 5.73 Å². The largest absolute Gasteiger partial charge is 0.385 e. The number of aromatic nitrogens is 2. The van der Waals surface area contributed by atoms with E-state index in [0.29, 0.717) is 6.54 Å². The van der Waals surface area contributed by atoms with Crippen LogP contribution >= 0.6 is 0 Å². The first-order valence-electron chi connectivity index (χ1n) is 4.99. The van der Waals surface area contributed by atoms with Crippen LogP contribution in [0.2, 0.25) is 0 Å². The highest BCUT2D eigenvalue weighted by Gasteiger charge is 2.03. The van der Waals surface area contributed by atoms with Gasteiger partial charge in [-0.25, -0.2) is 4.98 Å². The first-order chi connectivity index (χ1) is 7.27. The molecule has 5 heteroatoms. The standard InChI is InChI=1S/C10H18N4O/c1-14(4-3-5-15-2)10-8-12-7-9(6-11)13-10/h7-8H,3-6,11H2,1-2H3. The number of rotatable bonds is 6. The number of nitrogens with two attached hydrogens (primary N) is 1. The van der Waals surface area contributed by atoms with Gasteiger partial charge < -0.3 is 15.4 Å². The molecule has 1 aromatic heterocycles. The lowest BCUT2D eigenvalue weighted by Crippen LogP contribution is -2.21. The predicted octanol–water partition coefficient (Wildman–Crippen LogP) is 0.408. The summed E-state index contributed by atoms with van der Waals surface area (Å²) in [4.78, 5) is 10.5. The van der Waals surface area contributed by atoms with Crippen LogP contribution in [0.25, 0.3) is 0 Å². The van der Waals surface area contributed by atoms with Crippen LogP contribution in [0.4, 0.5) is 5.82 Å². The van der Waals surface area contributed by atoms with E-state index in [0.717, 1.165) is 31.1 Å². The van der Waals surface area contributed by atoms with Crippen molar-refractivity contribution in [3.05, 3.63) is 18.1 Å². The van der Waals surface area contributed by atoms with Crippen LogP contribution in [0.1, 0.15) is 12.1 Å². The molecule has 0 fully saturated rings. The second kappa shape index (κ2) is 6.31. The highest BCUT2D eigenvalue weighted by molar-refractivity contribution is 5.34. The lowest BCUT2D eigenvalue weighted by Gasteiger charge is -2.17. The number of nitrogens with zero attached hydrogens (tertiary/aromatic N) is 3. The number of hydrogen-bond acceptors (Lipinski definition) is 5. The molecule has 0 aliphatic heterocycles. The van der Waals surface area contributed by atoms with Gasteiger partial charge >= 0.3 is 0 Å². The zero-order valence-corrected chi connectivity index (χ0v) is 9.31. The van der Waals surface area contributed by atoms with Gasteiger partial charge in [-0.2, -0.15) is 0 Å². The average Bonchev–Trinajstić information content (AvgIpc) is 2.29. The molecule has 0 aliphatic carbocycles. The van der Waals surface area contributed by atoms with Crippen LogP contribution in [0.15, 0.2) is 12.4 Å². The highest BCUT2D eigenvalue weighted by atomic mass is 16.5. The van der Waals surface area contributed by atoms with E-state index in [-0.39, 0.29) is 0 Å². The minimum atomic E-state index is 0.423. The molecule has 0 aromatic carbocycles. The summed E-state index contributed by atoms with van der Waals surface area (Å²) in [6.45, 7) is 2.08. The minimum absolute atomic E-state index is 0.423. The molecule has 0 amide bonds. The summed E-state index contributed by atoms with van der Waals surface area (Å²) in [5, 5.41) is 0. The minimum Gasteiger partial charge on any atom is -0.385 e. The second-order valence-corrected chi connectivity index (χ2v) is 3.34. The summed E-state index contributed by atoms with van der Waals surface area (Å²) in [6, 6.07) is 0. The van der Waals surface area contributed by atoms with Crippen molar-refractivity contribution in [2.75, 3.05) is 32.2 Å². The Morgan fingerprint density at radius 3 is 2.93 bits per heavy atom. The molecule has 2 N–H and O–H groups in total. The van der Waals surface area contributed by atoms with Crippen LogP contribution < -0.4 is 10.6 Å². The van der Waals surface area contributed by atoms with E-state index in [9.17, 15) is 0 Å². The summed E-state index contributed by atoms with van der Waals surface area (Å²) in [6.07, 6.45) is 4.40. The molecule has 0 saturated heterocycles. The molecule has 0 aliphatic rings. The quantitative estimate of drug-likeness (QED) is 0.689. The Morgan fingerprint density at radius 1 is 1.47 bits per heavy atom. The molecule has 1 aromatic rings. The fourth-order valence-corrected chi connectivity index (χ4v) is 1.24. The van der Waals surface area contributed by atoms with E-state index in [2.05, 4.69) is 9.97 Å². The Kier molecular flexibility index (Phi) is 5.00. The first-order valence-corrected chi connectivity index (χ1v) is 4.99. The van der Waals surface area contributed by atoms with Gasteiger partial charge in [-0.05, 0) is 6.42 Å². The Hall–Kier alpha value is -1.20. The van der Waals surface area contributed by atoms with Crippen molar-refractivity contribution in [3.8, 4) is 0 Å². The third-order valence-electron chi connectivity index (χ3n) is 2.11. The fourth-order valence-electron chi connectivity index (χ4n) is 1.24. The maximum atomic E-state index is 5.50. The monoisotopic (exact) mass is 210 g/mol. The van der Waals surface area contributed by atoms with E-state index in [1.807, 2.05) is 11.9 Å². The summed E-state index contributed by atoms with van der Waals surface area (Å²) in [7, 11) is 3.69. The molecule has 1 rings (SSSR count). The van der Waals surface area contributed by atoms with Gasteiger partial charge in [0.2, 0.25) is 0 Å². The summed E-state index contributed by atoms with van der Waals surface area (Å²) in [5.74, 6) is 0.856. The van der Waals surface area contributed by atoms with Gasteiger partial charge in [0.1, 0.15) is 5.82 Å². The molecule has 0 atom stereocenters. The lowest BCUT2D eigenvalue weighted by molar-refractivity contribution is 0.196. The molecule has 1 heterocycles. The summed E-state index contributed by atoms with van der Waals surface area (Å²) >= 11 is 0. The summed E-state index contributed by atoms with van der Waals surface area (Å²) in [5.41, 5.74) is 6.31. The maximum Gasteiger partial charge on any atom is 0.147 e. The first kappa shape index (κ1) is 11.9. The molecule has 0 unspecified atom stereocenters. The van der Waals surface area contributed by atoms with E-state index in [1.54, 1.807) is 19.5 Å². The van der Waals surface area contributed by atoms with E-state index >= 15 is 0 Å². The Bertz CT molecular complexity index is 293. The highest BCUT2D eigenvalue weighted by Crippen LogP contribution is 2.07. The van der Waals surface area contributed by atoms with Crippen LogP contribution in [0, 0.1) is 0 Å². The van der Waals surface area contributed by atoms with Gasteiger partial charge in [-0.15, -0.1) is 0 Å². The van der Waals surface area contributed by atoms with Crippen molar-refractivity contribution in [3.63, 3.8) is 0 Å². The van der Waals surface area contributed by atoms with Gasteiger partial charge in [-0.3, -0.25) is 4.98 Å². The van der Waals surface area contributed by atoms with Crippen LogP contribution in [0.3, 0.4) is 0 Å². The molecule has 0 spiro atoms. The number of hydrogen-bond donors (Lipinski definition) is 1. The molecular weight excluding hydrogens is 192 g/mol. The van der Waals surface area contributed by atoms with Crippen molar-refractivity contribution >= 4 is 5.82 Å². The van der Waals surface area contributed by atoms with Crippen molar-refractivity contribution < 1.29 is 4.74 Å². The van der Waals surface area contributed by atoms with Gasteiger partial charge in [0.25, 0.3) is 0 Å². The Morgan fingerprint density at radius 2 is 2.27 bits per heavy atom. The molecule has 5 nitrogen and oxygen atoms in total. The van der Waals surface area contributed by atoms with E-state index in [1.165, 1.54) is 0 Å². The van der Waals surface area contributed by atoms with Crippen LogP contribution in [0.5, 0.6) is 0 Å². The second-order valence-electron chi connectivity index (χ2n) is 3.34. The maximum absolute atomic E-state index is 5.50. The predicted molar refractivity (Wildman–Crippen MR) is 59.7 cm³/mol. The molecule has 0 bridgehead atoms. The van der Waals surface area contributed by atoms with Crippen LogP contribution in [-0.4, -0.2) is 37.3 Å². The smallest absolute Gasteiger partial charge is 0.147 e. The Labute approximate surface area is 90.3 Å². The SMILES string of the molecule is COCCCN(C)c1cncc(CN)n1. The molecule has 0 saturated carbocycles. The lowest BCUT2D eigenvalue weighted by atomic mass is 10.4. The number of methoxy groups -OCH3 is 1. The fraction of sp³-hybridized carbons (Fsp3) is 0.600.